The van der Waals surface area contributed by atoms with E-state index < -0.39 is 29.5 Å². The van der Waals surface area contributed by atoms with Gasteiger partial charge in [0.2, 0.25) is 0 Å². The first-order chi connectivity index (χ1) is 14.1. The third kappa shape index (κ3) is 4.89. The number of rotatable bonds is 5. The lowest BCUT2D eigenvalue weighted by atomic mass is 9.99. The standard InChI is InChI=1S/C21H21F5N2O2/c1-27-7-2-3-17(27)6-8-28(20(29)30)19-5-4-14(21(24,25)26)11-18(19)13-9-15(22)12-16(23)10-13/h4-5,9-12,17H,2-3,6-8H2,1H3,(H,29,30)/p-1. The van der Waals surface area contributed by atoms with Gasteiger partial charge in [0.05, 0.1) is 5.56 Å². The zero-order valence-corrected chi connectivity index (χ0v) is 16.2. The number of hydrogen-bond acceptors (Lipinski definition) is 3. The fourth-order valence-corrected chi connectivity index (χ4v) is 3.82. The van der Waals surface area contributed by atoms with Crippen molar-refractivity contribution in [1.29, 1.82) is 0 Å². The second-order valence-electron chi connectivity index (χ2n) is 7.37. The molecule has 3 rings (SSSR count). The minimum Gasteiger partial charge on any atom is -0.530 e. The molecule has 1 atom stereocenters. The van der Waals surface area contributed by atoms with Crippen LogP contribution in [0.15, 0.2) is 36.4 Å². The van der Waals surface area contributed by atoms with E-state index in [-0.39, 0.29) is 29.4 Å². The number of halogens is 5. The maximum atomic E-state index is 13.7. The summed E-state index contributed by atoms with van der Waals surface area (Å²) in [5.74, 6) is -1.97. The van der Waals surface area contributed by atoms with Gasteiger partial charge in [-0.2, -0.15) is 13.2 Å². The van der Waals surface area contributed by atoms with Crippen LogP contribution in [0.3, 0.4) is 0 Å². The molecule has 1 amide bonds. The Morgan fingerprint density at radius 1 is 1.17 bits per heavy atom. The molecule has 0 N–H and O–H groups in total. The molecule has 1 heterocycles. The van der Waals surface area contributed by atoms with E-state index >= 15 is 0 Å². The predicted octanol–water partition coefficient (Wildman–Crippen LogP) is 4.28. The van der Waals surface area contributed by atoms with Gasteiger partial charge in [-0.15, -0.1) is 0 Å². The SMILES string of the molecule is CN1CCCC1CCN(C(=O)[O-])c1ccc(C(F)(F)F)cc1-c1cc(F)cc(F)c1. The van der Waals surface area contributed by atoms with Crippen molar-refractivity contribution in [3.8, 4) is 11.1 Å². The molecule has 0 radical (unpaired) electrons. The molecule has 1 unspecified atom stereocenters. The number of nitrogens with zero attached hydrogens (tertiary/aromatic N) is 2. The highest BCUT2D eigenvalue weighted by molar-refractivity contribution is 5.92. The molecule has 30 heavy (non-hydrogen) atoms. The van der Waals surface area contributed by atoms with Gasteiger partial charge in [-0.05, 0) is 68.8 Å². The third-order valence-electron chi connectivity index (χ3n) is 5.37. The Morgan fingerprint density at radius 2 is 1.83 bits per heavy atom. The lowest BCUT2D eigenvalue weighted by molar-refractivity contribution is -0.246. The number of anilines is 1. The zero-order valence-electron chi connectivity index (χ0n) is 16.2. The average Bonchev–Trinajstić information content (AvgIpc) is 3.05. The Bertz CT molecular complexity index is 912. The van der Waals surface area contributed by atoms with Crippen molar-refractivity contribution in [2.75, 3.05) is 25.0 Å². The van der Waals surface area contributed by atoms with Crippen molar-refractivity contribution in [2.45, 2.75) is 31.5 Å². The fourth-order valence-electron chi connectivity index (χ4n) is 3.82. The van der Waals surface area contributed by atoms with Crippen molar-refractivity contribution in [2.24, 2.45) is 0 Å². The molecule has 0 bridgehead atoms. The van der Waals surface area contributed by atoms with Gasteiger partial charge in [-0.25, -0.2) is 8.78 Å². The van der Waals surface area contributed by atoms with Gasteiger partial charge < -0.3 is 19.7 Å². The van der Waals surface area contributed by atoms with Crippen LogP contribution < -0.4 is 10.0 Å². The van der Waals surface area contributed by atoms with Gasteiger partial charge in [0.1, 0.15) is 17.7 Å². The van der Waals surface area contributed by atoms with E-state index in [0.717, 1.165) is 48.6 Å². The molecule has 0 saturated carbocycles. The first kappa shape index (κ1) is 22.0. The molecule has 1 aliphatic heterocycles. The summed E-state index contributed by atoms with van der Waals surface area (Å²) in [5.41, 5.74) is -1.61. The van der Waals surface area contributed by atoms with Crippen LogP contribution in [0.2, 0.25) is 0 Å². The first-order valence-corrected chi connectivity index (χ1v) is 9.42. The fraction of sp³-hybridized carbons (Fsp3) is 0.381. The number of carbonyl (C=O) groups excluding carboxylic acids is 1. The summed E-state index contributed by atoms with van der Waals surface area (Å²) >= 11 is 0. The minimum absolute atomic E-state index is 0.0203. The van der Waals surface area contributed by atoms with E-state index in [1.165, 1.54) is 0 Å². The Morgan fingerprint density at radius 3 is 2.37 bits per heavy atom. The Labute approximate surface area is 170 Å². The van der Waals surface area contributed by atoms with Crippen LogP contribution in [0.25, 0.3) is 11.1 Å². The van der Waals surface area contributed by atoms with Crippen LogP contribution in [-0.4, -0.2) is 37.2 Å². The summed E-state index contributed by atoms with van der Waals surface area (Å²) in [7, 11) is 1.92. The quantitative estimate of drug-likeness (QED) is 0.669. The predicted molar refractivity (Wildman–Crippen MR) is 99.8 cm³/mol. The Hall–Kier alpha value is -2.68. The van der Waals surface area contributed by atoms with E-state index in [1.54, 1.807) is 0 Å². The smallest absolute Gasteiger partial charge is 0.416 e. The van der Waals surface area contributed by atoms with Crippen LogP contribution >= 0.6 is 0 Å². The number of benzene rings is 2. The van der Waals surface area contributed by atoms with E-state index in [4.69, 9.17) is 0 Å². The first-order valence-electron chi connectivity index (χ1n) is 9.42. The Balaban J connectivity index is 2.05. The van der Waals surface area contributed by atoms with Gasteiger partial charge in [-0.1, -0.05) is 0 Å². The van der Waals surface area contributed by atoms with Gasteiger partial charge in [0.15, 0.2) is 0 Å². The van der Waals surface area contributed by atoms with Gasteiger partial charge in [-0.3, -0.25) is 0 Å². The molecule has 0 spiro atoms. The minimum atomic E-state index is -4.71. The molecular formula is C21H20F5N2O2-. The van der Waals surface area contributed by atoms with Crippen molar-refractivity contribution in [3.05, 3.63) is 53.6 Å². The lowest BCUT2D eigenvalue weighted by Crippen LogP contribution is -2.43. The lowest BCUT2D eigenvalue weighted by Gasteiger charge is -2.30. The number of carbonyl (C=O) groups is 1. The molecule has 1 aliphatic rings. The monoisotopic (exact) mass is 427 g/mol. The summed E-state index contributed by atoms with van der Waals surface area (Å²) in [6.45, 7) is 0.859. The second-order valence-corrected chi connectivity index (χ2v) is 7.37. The number of likely N-dealkylation sites (tertiary alicyclic amines) is 1. The van der Waals surface area contributed by atoms with Gasteiger partial charge in [0.25, 0.3) is 0 Å². The highest BCUT2D eigenvalue weighted by Crippen LogP contribution is 2.38. The summed E-state index contributed by atoms with van der Waals surface area (Å²) in [5, 5.41) is 11.8. The normalized spacial score (nSPS) is 17.3. The summed E-state index contributed by atoms with van der Waals surface area (Å²) in [4.78, 5) is 14.7. The molecule has 9 heteroatoms. The van der Waals surface area contributed by atoms with E-state index in [1.807, 2.05) is 7.05 Å². The topological polar surface area (TPSA) is 46.6 Å². The molecule has 0 aromatic heterocycles. The van der Waals surface area contributed by atoms with Crippen LogP contribution in [0.1, 0.15) is 24.8 Å². The number of amides is 1. The zero-order chi connectivity index (χ0) is 22.1. The van der Waals surface area contributed by atoms with Crippen LogP contribution in [-0.2, 0) is 6.18 Å². The molecule has 2 aromatic carbocycles. The summed E-state index contributed by atoms with van der Waals surface area (Å²) in [6.07, 6.45) is -4.01. The van der Waals surface area contributed by atoms with Crippen LogP contribution in [0, 0.1) is 11.6 Å². The molecule has 162 valence electrons. The molecule has 0 aliphatic carbocycles. The average molecular weight is 427 g/mol. The van der Waals surface area contributed by atoms with E-state index in [2.05, 4.69) is 4.90 Å². The maximum absolute atomic E-state index is 13.7. The van der Waals surface area contributed by atoms with E-state index in [0.29, 0.717) is 18.6 Å². The summed E-state index contributed by atoms with van der Waals surface area (Å²) < 4.78 is 67.1. The van der Waals surface area contributed by atoms with Gasteiger partial charge in [0, 0.05) is 29.9 Å². The number of carboxylic acid groups (broad SMARTS) is 1. The van der Waals surface area contributed by atoms with E-state index in [9.17, 15) is 31.9 Å². The number of alkyl halides is 3. The number of hydrogen-bond donors (Lipinski definition) is 0. The van der Waals surface area contributed by atoms with Crippen molar-refractivity contribution in [1.82, 2.24) is 4.90 Å². The maximum Gasteiger partial charge on any atom is 0.416 e. The molecule has 4 nitrogen and oxygen atoms in total. The molecule has 2 aromatic rings. The second kappa shape index (κ2) is 8.59. The molecule has 1 fully saturated rings. The van der Waals surface area contributed by atoms with Gasteiger partial charge >= 0.3 is 6.18 Å². The van der Waals surface area contributed by atoms with Crippen molar-refractivity contribution >= 4 is 11.8 Å². The highest BCUT2D eigenvalue weighted by atomic mass is 19.4. The van der Waals surface area contributed by atoms with Crippen molar-refractivity contribution in [3.63, 3.8) is 0 Å². The van der Waals surface area contributed by atoms with Crippen LogP contribution in [0.5, 0.6) is 0 Å². The largest absolute Gasteiger partial charge is 0.530 e. The summed E-state index contributed by atoms with van der Waals surface area (Å²) in [6, 6.07) is 4.88. The Kier molecular flexibility index (Phi) is 6.30. The highest BCUT2D eigenvalue weighted by Gasteiger charge is 2.32. The third-order valence-corrected chi connectivity index (χ3v) is 5.37. The van der Waals surface area contributed by atoms with Crippen LogP contribution in [0.4, 0.5) is 32.4 Å². The molecule has 1 saturated heterocycles. The van der Waals surface area contributed by atoms with Crippen molar-refractivity contribution < 1.29 is 31.9 Å². The molecular weight excluding hydrogens is 407 g/mol.